The number of aromatic nitrogens is 4. The van der Waals surface area contributed by atoms with E-state index in [1.807, 2.05) is 4.57 Å². The minimum Gasteiger partial charge on any atom is -0.444 e. The molecule has 0 unspecified atom stereocenters. The normalized spacial score (nSPS) is 12.9. The number of hydrogen-bond acceptors (Lipinski definition) is 9. The number of halogens is 4. The van der Waals surface area contributed by atoms with E-state index in [1.54, 1.807) is 40.0 Å². The lowest BCUT2D eigenvalue weighted by molar-refractivity contribution is -0.0501. The monoisotopic (exact) mass is 665 g/mol. The molecule has 0 saturated carbocycles. The summed E-state index contributed by atoms with van der Waals surface area (Å²) in [7, 11) is -5.72. The Hall–Kier alpha value is -2.95. The lowest BCUT2D eigenvalue weighted by Gasteiger charge is -2.25. The molecule has 11 nitrogen and oxygen atoms in total. The largest absolute Gasteiger partial charge is 0.534 e. The number of alkyl halides is 4. The number of carbonyl (C=O) groups is 1. The van der Waals surface area contributed by atoms with Gasteiger partial charge in [-0.1, -0.05) is 19.6 Å². The molecule has 0 N–H and O–H groups in total. The van der Waals surface area contributed by atoms with Crippen molar-refractivity contribution < 1.29 is 40.0 Å². The average molecular weight is 666 g/mol. The summed E-state index contributed by atoms with van der Waals surface area (Å²) in [6.07, 6.45) is -0.523. The summed E-state index contributed by atoms with van der Waals surface area (Å²) in [4.78, 5) is 26.7. The fourth-order valence-electron chi connectivity index (χ4n) is 3.64. The molecule has 0 atom stereocenters. The van der Waals surface area contributed by atoms with Crippen molar-refractivity contribution in [2.75, 3.05) is 13.7 Å². The van der Waals surface area contributed by atoms with Crippen molar-refractivity contribution in [2.24, 2.45) is 0 Å². The van der Waals surface area contributed by atoms with Gasteiger partial charge < -0.3 is 23.1 Å². The molecule has 3 rings (SSSR count). The number of nitrogens with zero attached hydrogens (tertiary/aromatic N) is 5. The minimum atomic E-state index is -5.97. The number of pyridine rings is 1. The van der Waals surface area contributed by atoms with Gasteiger partial charge in [0.2, 0.25) is 5.88 Å². The van der Waals surface area contributed by atoms with E-state index in [4.69, 9.17) is 21.1 Å². The molecule has 0 aliphatic carbocycles. The Morgan fingerprint density at radius 2 is 1.77 bits per heavy atom. The van der Waals surface area contributed by atoms with Gasteiger partial charge in [0, 0.05) is 33.5 Å². The Kier molecular flexibility index (Phi) is 10.4. The summed E-state index contributed by atoms with van der Waals surface area (Å²) in [5.41, 5.74) is -4.42. The molecule has 0 radical (unpaired) electrons. The van der Waals surface area contributed by atoms with Gasteiger partial charge in [-0.3, -0.25) is 0 Å². The van der Waals surface area contributed by atoms with Crippen LogP contribution in [0.25, 0.3) is 22.6 Å². The number of amides is 1. The van der Waals surface area contributed by atoms with E-state index in [0.717, 1.165) is 12.1 Å². The number of hydrogen-bond donors (Lipinski definition) is 0. The van der Waals surface area contributed by atoms with Crippen molar-refractivity contribution in [1.82, 2.24) is 24.4 Å². The van der Waals surface area contributed by atoms with E-state index in [2.05, 4.69) is 38.8 Å². The maximum absolute atomic E-state index is 12.9. The van der Waals surface area contributed by atoms with Gasteiger partial charge in [0.1, 0.15) is 18.0 Å². The minimum absolute atomic E-state index is 0.0222. The van der Waals surface area contributed by atoms with Crippen LogP contribution in [0.3, 0.4) is 0 Å². The van der Waals surface area contributed by atoms with Crippen molar-refractivity contribution in [3.63, 3.8) is 0 Å². The van der Waals surface area contributed by atoms with Crippen LogP contribution in [0.15, 0.2) is 24.3 Å². The predicted molar refractivity (Wildman–Crippen MR) is 158 cm³/mol. The Labute approximate surface area is 254 Å². The van der Waals surface area contributed by atoms with Crippen molar-refractivity contribution in [3.05, 3.63) is 35.7 Å². The molecule has 0 aliphatic heterocycles. The quantitative estimate of drug-likeness (QED) is 0.0780. The van der Waals surface area contributed by atoms with Gasteiger partial charge >= 0.3 is 21.7 Å². The van der Waals surface area contributed by atoms with Crippen LogP contribution >= 0.6 is 11.6 Å². The van der Waals surface area contributed by atoms with Gasteiger partial charge in [-0.2, -0.15) is 26.6 Å². The van der Waals surface area contributed by atoms with Gasteiger partial charge in [-0.15, -0.1) is 11.6 Å². The molecular formula is C26H35ClF3N5O6SSi. The van der Waals surface area contributed by atoms with Gasteiger partial charge in [-0.25, -0.2) is 14.8 Å². The van der Waals surface area contributed by atoms with Gasteiger partial charge in [0.15, 0.2) is 5.82 Å². The highest BCUT2D eigenvalue weighted by atomic mass is 35.5. The summed E-state index contributed by atoms with van der Waals surface area (Å²) < 4.78 is 79.3. The first-order valence-corrected chi connectivity index (χ1v) is 18.8. The molecule has 0 fully saturated rings. The van der Waals surface area contributed by atoms with Crippen LogP contribution in [0, 0.1) is 0 Å². The van der Waals surface area contributed by atoms with Crippen molar-refractivity contribution in [1.29, 1.82) is 0 Å². The first-order valence-electron chi connectivity index (χ1n) is 13.2. The molecule has 3 aromatic rings. The van der Waals surface area contributed by atoms with Gasteiger partial charge in [0.05, 0.1) is 29.2 Å². The van der Waals surface area contributed by atoms with E-state index in [-0.39, 0.29) is 36.4 Å². The maximum Gasteiger partial charge on any atom is 0.534 e. The van der Waals surface area contributed by atoms with Crippen LogP contribution in [-0.4, -0.2) is 71.8 Å². The zero-order chi connectivity index (χ0) is 32.4. The van der Waals surface area contributed by atoms with E-state index in [0.29, 0.717) is 23.3 Å². The zero-order valence-corrected chi connectivity index (χ0v) is 27.5. The van der Waals surface area contributed by atoms with E-state index in [9.17, 15) is 26.4 Å². The Morgan fingerprint density at radius 1 is 1.09 bits per heavy atom. The molecular weight excluding hydrogens is 631 g/mol. The predicted octanol–water partition coefficient (Wildman–Crippen LogP) is 6.14. The molecule has 3 heterocycles. The number of carbonyl (C=O) groups excluding carboxylic acids is 1. The van der Waals surface area contributed by atoms with Gasteiger partial charge in [-0.05, 0) is 45.0 Å². The SMILES string of the molecule is CN(Cc1cc2nc(-c3nc(CCl)cc(OS(=O)(=O)C(F)(F)F)n3)ccc2n1COCC[Si](C)(C)C)C(=O)OC(C)(C)C. The third kappa shape index (κ3) is 9.52. The smallest absolute Gasteiger partial charge is 0.444 e. The molecule has 0 bridgehead atoms. The molecule has 0 aromatic carbocycles. The first-order chi connectivity index (χ1) is 19.7. The van der Waals surface area contributed by atoms with Gasteiger partial charge in [0.25, 0.3) is 0 Å². The molecule has 0 saturated heterocycles. The molecule has 3 aromatic heterocycles. The fraction of sp³-hybridized carbons (Fsp3) is 0.538. The fourth-order valence-corrected chi connectivity index (χ4v) is 4.94. The molecule has 0 aliphatic rings. The second-order valence-corrected chi connectivity index (χ2v) is 19.4. The van der Waals surface area contributed by atoms with Crippen molar-refractivity contribution in [2.45, 2.75) is 76.7 Å². The van der Waals surface area contributed by atoms with Crippen molar-refractivity contribution >= 4 is 46.9 Å². The lowest BCUT2D eigenvalue weighted by Crippen LogP contribution is -2.34. The zero-order valence-electron chi connectivity index (χ0n) is 25.0. The summed E-state index contributed by atoms with van der Waals surface area (Å²) in [6, 6.07) is 6.80. The van der Waals surface area contributed by atoms with Crippen LogP contribution in [-0.2, 0) is 38.7 Å². The molecule has 1 amide bonds. The summed E-state index contributed by atoms with van der Waals surface area (Å²) in [5, 5.41) is 0. The second kappa shape index (κ2) is 13.0. The van der Waals surface area contributed by atoms with Crippen LogP contribution in [0.5, 0.6) is 5.88 Å². The third-order valence-electron chi connectivity index (χ3n) is 5.76. The molecule has 238 valence electrons. The summed E-state index contributed by atoms with van der Waals surface area (Å²) in [6.45, 7) is 12.9. The Balaban J connectivity index is 2.01. The lowest BCUT2D eigenvalue weighted by atomic mass is 10.2. The third-order valence-corrected chi connectivity index (χ3v) is 8.70. The highest BCUT2D eigenvalue weighted by Gasteiger charge is 2.49. The number of rotatable bonds is 11. The van der Waals surface area contributed by atoms with E-state index in [1.165, 1.54) is 11.0 Å². The van der Waals surface area contributed by atoms with Crippen LogP contribution in [0.4, 0.5) is 18.0 Å². The molecule has 0 spiro atoms. The summed E-state index contributed by atoms with van der Waals surface area (Å²) >= 11 is 5.85. The molecule has 43 heavy (non-hydrogen) atoms. The van der Waals surface area contributed by atoms with E-state index >= 15 is 0 Å². The standard InChI is InChI=1S/C26H35ClF3N5O6SSi/c1-25(2,3)40-24(36)34(4)15-18-13-20-21(35(18)16-39-10-11-43(5,6)7)9-8-19(32-20)23-31-17(14-27)12-22(33-23)41-42(37,38)26(28,29)30/h8-9,12-13H,10-11,14-16H2,1-7H3. The summed E-state index contributed by atoms with van der Waals surface area (Å²) in [5.74, 6) is -1.31. The maximum atomic E-state index is 12.9. The molecule has 17 heteroatoms. The first kappa shape index (κ1) is 34.5. The Bertz CT molecular complexity index is 1570. The Morgan fingerprint density at radius 3 is 2.35 bits per heavy atom. The average Bonchev–Trinajstić information content (AvgIpc) is 3.19. The number of ether oxygens (including phenoxy) is 2. The van der Waals surface area contributed by atoms with Crippen LogP contribution < -0.4 is 4.18 Å². The topological polar surface area (TPSA) is 126 Å². The highest BCUT2D eigenvalue weighted by molar-refractivity contribution is 7.87. The van der Waals surface area contributed by atoms with Crippen LogP contribution in [0.1, 0.15) is 32.2 Å². The van der Waals surface area contributed by atoms with Crippen molar-refractivity contribution in [3.8, 4) is 17.4 Å². The highest BCUT2D eigenvalue weighted by Crippen LogP contribution is 2.29. The number of fused-ring (bicyclic) bond motifs is 1. The van der Waals surface area contributed by atoms with E-state index < -0.39 is 41.3 Å². The van der Waals surface area contributed by atoms with Crippen LogP contribution in [0.2, 0.25) is 25.7 Å². The second-order valence-electron chi connectivity index (χ2n) is 12.0.